The average Bonchev–Trinajstić information content (AvgIpc) is 2.39. The number of nitro benzene ring substituents is 1. The SMILES string of the molecule is Cc1ccc(N)cc1SCc1cc(Cl)ccc1[N+](=O)[O-]. The molecule has 20 heavy (non-hydrogen) atoms. The molecule has 0 unspecified atom stereocenters. The number of aryl methyl sites for hydroxylation is 1. The summed E-state index contributed by atoms with van der Waals surface area (Å²) >= 11 is 7.42. The summed E-state index contributed by atoms with van der Waals surface area (Å²) < 4.78 is 0. The van der Waals surface area contributed by atoms with E-state index < -0.39 is 4.92 Å². The van der Waals surface area contributed by atoms with Gasteiger partial charge in [-0.05, 0) is 36.8 Å². The quantitative estimate of drug-likeness (QED) is 0.392. The smallest absolute Gasteiger partial charge is 0.273 e. The van der Waals surface area contributed by atoms with Gasteiger partial charge < -0.3 is 5.73 Å². The van der Waals surface area contributed by atoms with Gasteiger partial charge in [-0.15, -0.1) is 11.8 Å². The zero-order valence-electron chi connectivity index (χ0n) is 10.8. The van der Waals surface area contributed by atoms with Gasteiger partial charge in [-0.3, -0.25) is 10.1 Å². The van der Waals surface area contributed by atoms with E-state index in [1.807, 2.05) is 25.1 Å². The molecule has 0 bridgehead atoms. The fraction of sp³-hybridized carbons (Fsp3) is 0.143. The molecule has 104 valence electrons. The summed E-state index contributed by atoms with van der Waals surface area (Å²) in [5.74, 6) is 0.473. The van der Waals surface area contributed by atoms with Gasteiger partial charge >= 0.3 is 0 Å². The maximum atomic E-state index is 11.0. The molecule has 0 amide bonds. The lowest BCUT2D eigenvalue weighted by molar-refractivity contribution is -0.385. The van der Waals surface area contributed by atoms with Crippen LogP contribution in [0.2, 0.25) is 5.02 Å². The van der Waals surface area contributed by atoms with Crippen LogP contribution in [0.3, 0.4) is 0 Å². The summed E-state index contributed by atoms with van der Waals surface area (Å²) in [5.41, 5.74) is 8.22. The Bertz CT molecular complexity index is 662. The fourth-order valence-corrected chi connectivity index (χ4v) is 3.03. The Balaban J connectivity index is 2.24. The van der Waals surface area contributed by atoms with Crippen LogP contribution in [0.4, 0.5) is 11.4 Å². The second-order valence-electron chi connectivity index (χ2n) is 4.34. The van der Waals surface area contributed by atoms with Gasteiger partial charge in [0, 0.05) is 33.0 Å². The fourth-order valence-electron chi connectivity index (χ4n) is 1.78. The molecule has 0 saturated carbocycles. The van der Waals surface area contributed by atoms with E-state index in [0.29, 0.717) is 22.0 Å². The maximum absolute atomic E-state index is 11.0. The van der Waals surface area contributed by atoms with Gasteiger partial charge in [0.2, 0.25) is 0 Å². The molecule has 0 saturated heterocycles. The second-order valence-corrected chi connectivity index (χ2v) is 5.80. The number of anilines is 1. The van der Waals surface area contributed by atoms with Gasteiger partial charge in [-0.2, -0.15) is 0 Å². The third kappa shape index (κ3) is 3.43. The van der Waals surface area contributed by atoms with Crippen molar-refractivity contribution in [2.75, 3.05) is 5.73 Å². The van der Waals surface area contributed by atoms with E-state index in [4.69, 9.17) is 17.3 Å². The predicted octanol–water partition coefficient (Wildman–Crippen LogP) is 4.43. The molecule has 2 rings (SSSR count). The van der Waals surface area contributed by atoms with Crippen molar-refractivity contribution in [2.45, 2.75) is 17.6 Å². The number of hydrogen-bond donors (Lipinski definition) is 1. The van der Waals surface area contributed by atoms with Crippen molar-refractivity contribution < 1.29 is 4.92 Å². The number of benzene rings is 2. The van der Waals surface area contributed by atoms with Crippen LogP contribution in [-0.2, 0) is 5.75 Å². The Morgan fingerprint density at radius 2 is 2.05 bits per heavy atom. The van der Waals surface area contributed by atoms with E-state index >= 15 is 0 Å². The highest BCUT2D eigenvalue weighted by atomic mass is 35.5. The first-order valence-corrected chi connectivity index (χ1v) is 7.25. The first-order valence-electron chi connectivity index (χ1n) is 5.89. The minimum absolute atomic E-state index is 0.0865. The number of halogens is 1. The van der Waals surface area contributed by atoms with Crippen molar-refractivity contribution in [3.8, 4) is 0 Å². The van der Waals surface area contributed by atoms with Crippen LogP contribution in [-0.4, -0.2) is 4.92 Å². The van der Waals surface area contributed by atoms with Crippen molar-refractivity contribution in [1.29, 1.82) is 0 Å². The van der Waals surface area contributed by atoms with Crippen LogP contribution < -0.4 is 5.73 Å². The van der Waals surface area contributed by atoms with E-state index in [-0.39, 0.29) is 5.69 Å². The van der Waals surface area contributed by atoms with Gasteiger partial charge in [0.1, 0.15) is 0 Å². The first kappa shape index (κ1) is 14.7. The minimum atomic E-state index is -0.390. The molecule has 0 fully saturated rings. The molecule has 0 aliphatic heterocycles. The zero-order valence-corrected chi connectivity index (χ0v) is 12.4. The number of nitrogens with zero attached hydrogens (tertiary/aromatic N) is 1. The molecule has 2 aromatic carbocycles. The second kappa shape index (κ2) is 6.15. The lowest BCUT2D eigenvalue weighted by Crippen LogP contribution is -1.94. The molecule has 0 aliphatic carbocycles. The number of nitrogen functional groups attached to an aromatic ring is 1. The van der Waals surface area contributed by atoms with E-state index in [1.54, 1.807) is 6.07 Å². The third-order valence-electron chi connectivity index (χ3n) is 2.83. The summed E-state index contributed by atoms with van der Waals surface area (Å²) in [6.45, 7) is 1.98. The van der Waals surface area contributed by atoms with Crippen LogP contribution >= 0.6 is 23.4 Å². The van der Waals surface area contributed by atoms with Gasteiger partial charge in [0.25, 0.3) is 5.69 Å². The zero-order chi connectivity index (χ0) is 14.7. The molecule has 2 N–H and O–H groups in total. The van der Waals surface area contributed by atoms with Crippen molar-refractivity contribution in [1.82, 2.24) is 0 Å². The predicted molar refractivity (Wildman–Crippen MR) is 83.3 cm³/mol. The molecule has 6 heteroatoms. The highest BCUT2D eigenvalue weighted by molar-refractivity contribution is 7.98. The number of thioether (sulfide) groups is 1. The molecule has 0 spiro atoms. The first-order chi connectivity index (χ1) is 9.47. The summed E-state index contributed by atoms with van der Waals surface area (Å²) in [6.07, 6.45) is 0. The summed E-state index contributed by atoms with van der Waals surface area (Å²) in [5, 5.41) is 11.5. The topological polar surface area (TPSA) is 69.2 Å². The summed E-state index contributed by atoms with van der Waals surface area (Å²) in [4.78, 5) is 11.6. The average molecular weight is 309 g/mol. The largest absolute Gasteiger partial charge is 0.399 e. The number of nitrogens with two attached hydrogens (primary N) is 1. The number of nitro groups is 1. The maximum Gasteiger partial charge on any atom is 0.273 e. The van der Waals surface area contributed by atoms with Crippen molar-refractivity contribution >= 4 is 34.7 Å². The van der Waals surface area contributed by atoms with Gasteiger partial charge in [-0.25, -0.2) is 0 Å². The third-order valence-corrected chi connectivity index (χ3v) is 4.27. The normalized spacial score (nSPS) is 10.5. The van der Waals surface area contributed by atoms with Crippen molar-refractivity contribution in [2.24, 2.45) is 0 Å². The van der Waals surface area contributed by atoms with E-state index in [2.05, 4.69) is 0 Å². The molecule has 0 aliphatic rings. The van der Waals surface area contributed by atoms with Gasteiger partial charge in [-0.1, -0.05) is 17.7 Å². The summed E-state index contributed by atoms with van der Waals surface area (Å²) in [7, 11) is 0. The molecule has 0 radical (unpaired) electrons. The molecular weight excluding hydrogens is 296 g/mol. The summed E-state index contributed by atoms with van der Waals surface area (Å²) in [6, 6.07) is 10.2. The Kier molecular flexibility index (Phi) is 4.52. The Hall–Kier alpha value is -1.72. The Labute approximate surface area is 126 Å². The number of hydrogen-bond acceptors (Lipinski definition) is 4. The molecule has 0 heterocycles. The van der Waals surface area contributed by atoms with Crippen LogP contribution in [0.25, 0.3) is 0 Å². The van der Waals surface area contributed by atoms with Crippen LogP contribution in [0.15, 0.2) is 41.3 Å². The number of rotatable bonds is 4. The lowest BCUT2D eigenvalue weighted by Gasteiger charge is -2.07. The molecular formula is C14H13ClN2O2S. The molecule has 2 aromatic rings. The Morgan fingerprint density at radius 1 is 1.30 bits per heavy atom. The highest BCUT2D eigenvalue weighted by Crippen LogP contribution is 2.32. The highest BCUT2D eigenvalue weighted by Gasteiger charge is 2.14. The van der Waals surface area contributed by atoms with Gasteiger partial charge in [0.05, 0.1) is 4.92 Å². The standard InChI is InChI=1S/C14H13ClN2O2S/c1-9-2-4-12(16)7-14(9)20-8-10-6-11(15)3-5-13(10)17(18)19/h2-7H,8,16H2,1H3. The van der Waals surface area contributed by atoms with Crippen molar-refractivity contribution in [3.63, 3.8) is 0 Å². The van der Waals surface area contributed by atoms with Crippen LogP contribution in [0.5, 0.6) is 0 Å². The molecule has 0 aromatic heterocycles. The lowest BCUT2D eigenvalue weighted by atomic mass is 10.2. The van der Waals surface area contributed by atoms with Crippen LogP contribution in [0.1, 0.15) is 11.1 Å². The Morgan fingerprint density at radius 3 is 2.75 bits per heavy atom. The molecule has 4 nitrogen and oxygen atoms in total. The van der Waals surface area contributed by atoms with E-state index in [9.17, 15) is 10.1 Å². The van der Waals surface area contributed by atoms with Gasteiger partial charge in [0.15, 0.2) is 0 Å². The van der Waals surface area contributed by atoms with E-state index in [0.717, 1.165) is 10.5 Å². The van der Waals surface area contributed by atoms with Crippen molar-refractivity contribution in [3.05, 3.63) is 62.7 Å². The van der Waals surface area contributed by atoms with Crippen LogP contribution in [0, 0.1) is 17.0 Å². The van der Waals surface area contributed by atoms with E-state index in [1.165, 1.54) is 23.9 Å². The molecule has 0 atom stereocenters. The monoisotopic (exact) mass is 308 g/mol. The minimum Gasteiger partial charge on any atom is -0.399 e.